The molecular weight excluding hydrogens is 268 g/mol. The van der Waals surface area contributed by atoms with Crippen molar-refractivity contribution in [3.63, 3.8) is 0 Å². The van der Waals surface area contributed by atoms with Crippen molar-refractivity contribution in [2.24, 2.45) is 0 Å². The van der Waals surface area contributed by atoms with Gasteiger partial charge in [-0.05, 0) is 43.0 Å². The van der Waals surface area contributed by atoms with Gasteiger partial charge in [-0.1, -0.05) is 43.7 Å². The second-order valence-corrected chi connectivity index (χ2v) is 5.41. The Hall–Kier alpha value is -1.90. The molecule has 0 aliphatic rings. The maximum Gasteiger partial charge on any atom is 0.152 e. The van der Waals surface area contributed by atoms with Crippen LogP contribution >= 0.6 is 0 Å². The number of hydrogen-bond acceptors (Lipinski definition) is 1. The smallest absolute Gasteiger partial charge is 0.152 e. The highest BCUT2D eigenvalue weighted by atomic mass is 19.1. The Morgan fingerprint density at radius 1 is 1.05 bits per heavy atom. The first-order valence-corrected chi connectivity index (χ1v) is 7.33. The molecule has 0 aromatic heterocycles. The van der Waals surface area contributed by atoms with Gasteiger partial charge in [0.1, 0.15) is 11.5 Å². The van der Waals surface area contributed by atoms with E-state index >= 15 is 0 Å². The zero-order valence-electron chi connectivity index (χ0n) is 12.7. The summed E-state index contributed by atoms with van der Waals surface area (Å²) in [5.74, 6) is -1.09. The predicted octanol–water partition coefficient (Wildman–Crippen LogP) is 5.40. The number of halogens is 2. The van der Waals surface area contributed by atoms with E-state index < -0.39 is 11.6 Å². The van der Waals surface area contributed by atoms with Crippen molar-refractivity contribution >= 4 is 5.69 Å². The summed E-state index contributed by atoms with van der Waals surface area (Å²) in [7, 11) is 0. The summed E-state index contributed by atoms with van der Waals surface area (Å²) in [6.45, 7) is 5.67. The van der Waals surface area contributed by atoms with E-state index in [9.17, 15) is 8.78 Å². The molecule has 2 rings (SSSR count). The van der Waals surface area contributed by atoms with E-state index in [1.165, 1.54) is 17.7 Å². The quantitative estimate of drug-likeness (QED) is 0.777. The number of aryl methyl sites for hydroxylation is 2. The van der Waals surface area contributed by atoms with Crippen LogP contribution in [0.1, 0.15) is 43.0 Å². The SMILES string of the molecule is CCCc1ccc(C(C)Nc2c(F)ccc(C)c2F)cc1. The van der Waals surface area contributed by atoms with E-state index in [1.807, 2.05) is 19.1 Å². The number of anilines is 1. The van der Waals surface area contributed by atoms with Crippen LogP contribution in [0.25, 0.3) is 0 Å². The van der Waals surface area contributed by atoms with Gasteiger partial charge < -0.3 is 5.32 Å². The number of rotatable bonds is 5. The average Bonchev–Trinajstić information content (AvgIpc) is 2.48. The van der Waals surface area contributed by atoms with Crippen LogP contribution in [-0.2, 0) is 6.42 Å². The summed E-state index contributed by atoms with van der Waals surface area (Å²) >= 11 is 0. The lowest BCUT2D eigenvalue weighted by molar-refractivity contribution is 0.579. The molecule has 0 aliphatic carbocycles. The first-order valence-electron chi connectivity index (χ1n) is 7.33. The average molecular weight is 289 g/mol. The van der Waals surface area contributed by atoms with E-state index in [1.54, 1.807) is 6.92 Å². The van der Waals surface area contributed by atoms with Gasteiger partial charge in [-0.2, -0.15) is 0 Å². The standard InChI is InChI=1S/C18H21F2N/c1-4-5-14-7-9-15(10-8-14)13(3)21-18-16(19)11-6-12(2)17(18)20/h6-11,13,21H,4-5H2,1-3H3. The second-order valence-electron chi connectivity index (χ2n) is 5.41. The highest BCUT2D eigenvalue weighted by Crippen LogP contribution is 2.26. The Labute approximate surface area is 125 Å². The topological polar surface area (TPSA) is 12.0 Å². The van der Waals surface area contributed by atoms with Gasteiger partial charge in [0, 0.05) is 6.04 Å². The molecule has 0 heterocycles. The molecular formula is C18H21F2N. The minimum atomic E-state index is -0.562. The Kier molecular flexibility index (Phi) is 4.94. The van der Waals surface area contributed by atoms with Crippen LogP contribution in [0.5, 0.6) is 0 Å². The lowest BCUT2D eigenvalue weighted by atomic mass is 10.0. The van der Waals surface area contributed by atoms with Crippen LogP contribution in [0.2, 0.25) is 0 Å². The Morgan fingerprint density at radius 3 is 2.33 bits per heavy atom. The van der Waals surface area contributed by atoms with Crippen LogP contribution in [0.15, 0.2) is 36.4 Å². The van der Waals surface area contributed by atoms with Crippen LogP contribution in [0.3, 0.4) is 0 Å². The number of nitrogens with one attached hydrogen (secondary N) is 1. The molecule has 2 aromatic rings. The molecule has 21 heavy (non-hydrogen) atoms. The normalized spacial score (nSPS) is 12.2. The molecule has 0 spiro atoms. The second kappa shape index (κ2) is 6.70. The molecule has 112 valence electrons. The maximum absolute atomic E-state index is 14.0. The summed E-state index contributed by atoms with van der Waals surface area (Å²) in [5, 5.41) is 2.94. The van der Waals surface area contributed by atoms with Crippen molar-refractivity contribution in [2.75, 3.05) is 5.32 Å². The van der Waals surface area contributed by atoms with Crippen LogP contribution in [0.4, 0.5) is 14.5 Å². The molecule has 0 aliphatic heterocycles. The van der Waals surface area contributed by atoms with Gasteiger partial charge in [0.25, 0.3) is 0 Å². The Balaban J connectivity index is 2.18. The molecule has 0 fully saturated rings. The predicted molar refractivity (Wildman–Crippen MR) is 83.6 cm³/mol. The molecule has 3 heteroatoms. The molecule has 0 bridgehead atoms. The molecule has 0 radical (unpaired) electrons. The van der Waals surface area contributed by atoms with Crippen LogP contribution in [-0.4, -0.2) is 0 Å². The van der Waals surface area contributed by atoms with Gasteiger partial charge in [0.2, 0.25) is 0 Å². The van der Waals surface area contributed by atoms with E-state index in [4.69, 9.17) is 0 Å². The van der Waals surface area contributed by atoms with Gasteiger partial charge in [0.15, 0.2) is 5.82 Å². The van der Waals surface area contributed by atoms with Crippen LogP contribution in [0, 0.1) is 18.6 Å². The van der Waals surface area contributed by atoms with Crippen molar-refractivity contribution < 1.29 is 8.78 Å². The van der Waals surface area contributed by atoms with Crippen molar-refractivity contribution in [3.05, 3.63) is 64.7 Å². The van der Waals surface area contributed by atoms with Gasteiger partial charge in [-0.25, -0.2) is 8.78 Å². The fourth-order valence-corrected chi connectivity index (χ4v) is 2.35. The molecule has 1 nitrogen and oxygen atoms in total. The molecule has 0 saturated carbocycles. The summed E-state index contributed by atoms with van der Waals surface area (Å²) in [5.41, 5.74) is 2.67. The third-order valence-corrected chi connectivity index (χ3v) is 3.66. The van der Waals surface area contributed by atoms with Gasteiger partial charge in [-0.3, -0.25) is 0 Å². The molecule has 1 N–H and O–H groups in total. The van der Waals surface area contributed by atoms with Crippen LogP contribution < -0.4 is 5.32 Å². The number of benzene rings is 2. The Bertz CT molecular complexity index is 605. The molecule has 1 unspecified atom stereocenters. The summed E-state index contributed by atoms with van der Waals surface area (Å²) in [4.78, 5) is 0. The van der Waals surface area contributed by atoms with Gasteiger partial charge in [0.05, 0.1) is 0 Å². The largest absolute Gasteiger partial charge is 0.374 e. The monoisotopic (exact) mass is 289 g/mol. The first-order chi connectivity index (χ1) is 10.0. The van der Waals surface area contributed by atoms with Gasteiger partial charge in [-0.15, -0.1) is 0 Å². The minimum Gasteiger partial charge on any atom is -0.374 e. The van der Waals surface area contributed by atoms with Gasteiger partial charge >= 0.3 is 0 Å². The van der Waals surface area contributed by atoms with Crippen molar-refractivity contribution in [1.82, 2.24) is 0 Å². The molecule has 1 atom stereocenters. The summed E-state index contributed by atoms with van der Waals surface area (Å²) in [6, 6.07) is 10.7. The molecule has 0 saturated heterocycles. The van der Waals surface area contributed by atoms with Crippen molar-refractivity contribution in [3.8, 4) is 0 Å². The van der Waals surface area contributed by atoms with Crippen molar-refractivity contribution in [2.45, 2.75) is 39.7 Å². The van der Waals surface area contributed by atoms with E-state index in [2.05, 4.69) is 24.4 Å². The summed E-state index contributed by atoms with van der Waals surface area (Å²) in [6.07, 6.45) is 2.15. The minimum absolute atomic E-state index is 0.0554. The van der Waals surface area contributed by atoms with E-state index in [0.717, 1.165) is 18.4 Å². The lowest BCUT2D eigenvalue weighted by Gasteiger charge is -2.18. The Morgan fingerprint density at radius 2 is 1.71 bits per heavy atom. The third-order valence-electron chi connectivity index (χ3n) is 3.66. The maximum atomic E-state index is 14.0. The fourth-order valence-electron chi connectivity index (χ4n) is 2.35. The molecule has 0 amide bonds. The highest BCUT2D eigenvalue weighted by Gasteiger charge is 2.14. The lowest BCUT2D eigenvalue weighted by Crippen LogP contribution is -2.10. The number of hydrogen-bond donors (Lipinski definition) is 1. The zero-order chi connectivity index (χ0) is 15.4. The highest BCUT2D eigenvalue weighted by molar-refractivity contribution is 5.50. The fraction of sp³-hybridized carbons (Fsp3) is 0.333. The summed E-state index contributed by atoms with van der Waals surface area (Å²) < 4.78 is 27.8. The first kappa shape index (κ1) is 15.5. The third kappa shape index (κ3) is 3.60. The zero-order valence-corrected chi connectivity index (χ0v) is 12.7. The van der Waals surface area contributed by atoms with E-state index in [0.29, 0.717) is 5.56 Å². The van der Waals surface area contributed by atoms with E-state index in [-0.39, 0.29) is 11.7 Å². The molecule has 2 aromatic carbocycles. The van der Waals surface area contributed by atoms with Crippen molar-refractivity contribution in [1.29, 1.82) is 0 Å².